The molecule has 0 atom stereocenters. The highest BCUT2D eigenvalue weighted by Crippen LogP contribution is 2.40. The summed E-state index contributed by atoms with van der Waals surface area (Å²) in [6.07, 6.45) is 2.05. The summed E-state index contributed by atoms with van der Waals surface area (Å²) in [5, 5.41) is 2.46. The molecule has 0 N–H and O–H groups in total. The lowest BCUT2D eigenvalue weighted by Crippen LogP contribution is -2.09. The summed E-state index contributed by atoms with van der Waals surface area (Å²) in [6.45, 7) is 9.15. The summed E-state index contributed by atoms with van der Waals surface area (Å²) in [5.41, 5.74) is 17.9. The maximum absolute atomic E-state index is 5.19. The van der Waals surface area contributed by atoms with Gasteiger partial charge in [0.05, 0.1) is 28.6 Å². The second kappa shape index (κ2) is 15.5. The van der Waals surface area contributed by atoms with Gasteiger partial charge < -0.3 is 4.57 Å². The molecule has 8 aromatic carbocycles. The van der Waals surface area contributed by atoms with Crippen LogP contribution in [0.3, 0.4) is 0 Å². The van der Waals surface area contributed by atoms with E-state index in [1.807, 2.05) is 6.20 Å². The van der Waals surface area contributed by atoms with Gasteiger partial charge in [-0.1, -0.05) is 173 Å². The molecule has 0 aliphatic rings. The van der Waals surface area contributed by atoms with Crippen molar-refractivity contribution < 1.29 is 0 Å². The fourth-order valence-electron chi connectivity index (χ4n) is 8.90. The minimum atomic E-state index is 0.340. The van der Waals surface area contributed by atoms with Crippen LogP contribution in [0.25, 0.3) is 89.2 Å². The fraction of sp³-hybridized carbons (Fsp3) is 0.105. The average molecular weight is 774 g/mol. The van der Waals surface area contributed by atoms with Crippen molar-refractivity contribution in [1.29, 1.82) is 0 Å². The highest BCUT2D eigenvalue weighted by Gasteiger charge is 2.23. The number of fused-ring (bicyclic) bond motifs is 3. The number of hydrogen-bond donors (Lipinski definition) is 0. The molecule has 290 valence electrons. The molecule has 0 aliphatic carbocycles. The Hall–Kier alpha value is -7.23. The summed E-state index contributed by atoms with van der Waals surface area (Å²) in [5.74, 6) is 1.62. The molecule has 3 heteroatoms. The Balaban J connectivity index is 1.12. The van der Waals surface area contributed by atoms with Crippen molar-refractivity contribution in [3.63, 3.8) is 0 Å². The van der Waals surface area contributed by atoms with E-state index in [1.165, 1.54) is 72.0 Å². The summed E-state index contributed by atoms with van der Waals surface area (Å²) >= 11 is 0. The molecule has 10 aromatic rings. The van der Waals surface area contributed by atoms with E-state index in [1.54, 1.807) is 0 Å². The second-order valence-corrected chi connectivity index (χ2v) is 16.4. The number of nitrogens with zero attached hydrogens (tertiary/aromatic N) is 3. The lowest BCUT2D eigenvalue weighted by Gasteiger charge is -2.24. The molecular formula is C57H47N3. The first kappa shape index (κ1) is 37.1. The SMILES string of the molecule is CC(C)c1cccc(C(C)C)c1-n1c(-c2ccccc2)cnc1-c1ccc(-n2c3ccc(-c4ccccc4)cc3c3cc(-c4ccc(-c5ccccc5)cc4)ccc32)cc1. The van der Waals surface area contributed by atoms with Crippen molar-refractivity contribution in [2.45, 2.75) is 39.5 Å². The van der Waals surface area contributed by atoms with Crippen LogP contribution in [0.15, 0.2) is 200 Å². The van der Waals surface area contributed by atoms with Crippen LogP contribution in [-0.4, -0.2) is 14.1 Å². The van der Waals surface area contributed by atoms with E-state index in [0.29, 0.717) is 11.8 Å². The summed E-state index contributed by atoms with van der Waals surface area (Å²) in [4.78, 5) is 5.19. The molecular weight excluding hydrogens is 727 g/mol. The number of rotatable bonds is 9. The Morgan fingerprint density at radius 3 is 1.28 bits per heavy atom. The normalized spacial score (nSPS) is 11.6. The number of imidazole rings is 1. The van der Waals surface area contributed by atoms with Crippen LogP contribution in [-0.2, 0) is 0 Å². The van der Waals surface area contributed by atoms with Crippen molar-refractivity contribution in [3.05, 3.63) is 211 Å². The van der Waals surface area contributed by atoms with Gasteiger partial charge in [0.25, 0.3) is 0 Å². The molecule has 0 unspecified atom stereocenters. The largest absolute Gasteiger partial charge is 0.309 e. The van der Waals surface area contributed by atoms with E-state index in [2.05, 4.69) is 231 Å². The zero-order chi connectivity index (χ0) is 40.7. The molecule has 0 saturated carbocycles. The van der Waals surface area contributed by atoms with Crippen molar-refractivity contribution in [2.24, 2.45) is 0 Å². The van der Waals surface area contributed by atoms with Gasteiger partial charge in [0.1, 0.15) is 5.82 Å². The van der Waals surface area contributed by atoms with E-state index >= 15 is 0 Å². The number of para-hydroxylation sites is 1. The smallest absolute Gasteiger partial charge is 0.145 e. The van der Waals surface area contributed by atoms with E-state index in [-0.39, 0.29) is 0 Å². The van der Waals surface area contributed by atoms with Crippen LogP contribution in [0.1, 0.15) is 50.7 Å². The van der Waals surface area contributed by atoms with Crippen LogP contribution < -0.4 is 0 Å². The highest BCUT2D eigenvalue weighted by molar-refractivity contribution is 6.11. The van der Waals surface area contributed by atoms with Gasteiger partial charge in [0, 0.05) is 27.6 Å². The van der Waals surface area contributed by atoms with Crippen molar-refractivity contribution >= 4 is 21.8 Å². The Morgan fingerprint density at radius 2 is 0.783 bits per heavy atom. The molecule has 0 radical (unpaired) electrons. The minimum absolute atomic E-state index is 0.340. The number of hydrogen-bond acceptors (Lipinski definition) is 1. The third-order valence-electron chi connectivity index (χ3n) is 12.0. The topological polar surface area (TPSA) is 22.8 Å². The van der Waals surface area contributed by atoms with Crippen LogP contribution in [0.4, 0.5) is 0 Å². The fourth-order valence-corrected chi connectivity index (χ4v) is 8.90. The zero-order valence-corrected chi connectivity index (χ0v) is 34.5. The summed E-state index contributed by atoms with van der Waals surface area (Å²) < 4.78 is 4.83. The van der Waals surface area contributed by atoms with Crippen LogP contribution >= 0.6 is 0 Å². The maximum atomic E-state index is 5.19. The van der Waals surface area contributed by atoms with Crippen molar-refractivity contribution in [1.82, 2.24) is 14.1 Å². The molecule has 2 aromatic heterocycles. The summed E-state index contributed by atoms with van der Waals surface area (Å²) in [6, 6.07) is 70.5. The summed E-state index contributed by atoms with van der Waals surface area (Å²) in [7, 11) is 0. The number of benzene rings is 8. The predicted octanol–water partition coefficient (Wildman–Crippen LogP) is 15.6. The quantitative estimate of drug-likeness (QED) is 0.143. The van der Waals surface area contributed by atoms with Crippen LogP contribution in [0.2, 0.25) is 0 Å². The van der Waals surface area contributed by atoms with Gasteiger partial charge >= 0.3 is 0 Å². The molecule has 0 bridgehead atoms. The predicted molar refractivity (Wildman–Crippen MR) is 253 cm³/mol. The first-order chi connectivity index (χ1) is 29.4. The maximum Gasteiger partial charge on any atom is 0.145 e. The monoisotopic (exact) mass is 773 g/mol. The van der Waals surface area contributed by atoms with Gasteiger partial charge in [-0.15, -0.1) is 0 Å². The zero-order valence-electron chi connectivity index (χ0n) is 34.5. The Morgan fingerprint density at radius 1 is 0.367 bits per heavy atom. The van der Waals surface area contributed by atoms with E-state index < -0.39 is 0 Å². The first-order valence-electron chi connectivity index (χ1n) is 21.1. The van der Waals surface area contributed by atoms with Crippen molar-refractivity contribution in [2.75, 3.05) is 0 Å². The van der Waals surface area contributed by atoms with E-state index in [4.69, 9.17) is 4.98 Å². The Kier molecular flexibility index (Phi) is 9.58. The molecule has 60 heavy (non-hydrogen) atoms. The lowest BCUT2D eigenvalue weighted by atomic mass is 9.92. The van der Waals surface area contributed by atoms with Crippen LogP contribution in [0.5, 0.6) is 0 Å². The molecule has 10 rings (SSSR count). The average Bonchev–Trinajstić information content (AvgIpc) is 3.89. The second-order valence-electron chi connectivity index (χ2n) is 16.4. The van der Waals surface area contributed by atoms with Gasteiger partial charge in [0.2, 0.25) is 0 Å². The standard InChI is InChI=1S/C57H47N3/c1-38(2)49-21-14-22-50(39(3)4)56(49)60-55(44-19-12-7-13-20-44)37-58-57(60)45-27-31-48(32-28-45)59-53-33-29-46(41-17-10-6-11-18-41)35-51(53)52-36-47(30-34-54(52)59)43-25-23-42(24-26-43)40-15-8-5-9-16-40/h5-39H,1-4H3. The Labute approximate surface area is 352 Å². The van der Waals surface area contributed by atoms with Gasteiger partial charge in [0.15, 0.2) is 0 Å². The third-order valence-corrected chi connectivity index (χ3v) is 12.0. The van der Waals surface area contributed by atoms with Gasteiger partial charge in [-0.2, -0.15) is 0 Å². The molecule has 0 amide bonds. The minimum Gasteiger partial charge on any atom is -0.309 e. The van der Waals surface area contributed by atoms with E-state index in [9.17, 15) is 0 Å². The number of aromatic nitrogens is 3. The first-order valence-corrected chi connectivity index (χ1v) is 21.1. The molecule has 0 saturated heterocycles. The molecule has 3 nitrogen and oxygen atoms in total. The third kappa shape index (κ3) is 6.63. The van der Waals surface area contributed by atoms with Crippen LogP contribution in [0, 0.1) is 0 Å². The Bertz CT molecular complexity index is 3070. The van der Waals surface area contributed by atoms with Gasteiger partial charge in [-0.25, -0.2) is 4.98 Å². The lowest BCUT2D eigenvalue weighted by molar-refractivity contribution is 0.808. The highest BCUT2D eigenvalue weighted by atomic mass is 15.1. The molecule has 0 aliphatic heterocycles. The molecule has 2 heterocycles. The molecule has 0 fully saturated rings. The van der Waals surface area contributed by atoms with E-state index in [0.717, 1.165) is 28.3 Å². The van der Waals surface area contributed by atoms with Crippen molar-refractivity contribution in [3.8, 4) is 67.4 Å². The van der Waals surface area contributed by atoms with Gasteiger partial charge in [-0.05, 0) is 105 Å². The van der Waals surface area contributed by atoms with Gasteiger partial charge in [-0.3, -0.25) is 4.57 Å². The molecule has 0 spiro atoms.